The van der Waals surface area contributed by atoms with Crippen molar-refractivity contribution in [1.29, 1.82) is 0 Å². The van der Waals surface area contributed by atoms with Crippen LogP contribution in [0.3, 0.4) is 0 Å². The molecule has 8 nitrogen and oxygen atoms in total. The van der Waals surface area contributed by atoms with Gasteiger partial charge in [0.2, 0.25) is 5.91 Å². The molecule has 0 spiro atoms. The summed E-state index contributed by atoms with van der Waals surface area (Å²) >= 11 is 0. The molecule has 2 amide bonds. The van der Waals surface area contributed by atoms with Gasteiger partial charge in [0.15, 0.2) is 5.75 Å². The van der Waals surface area contributed by atoms with E-state index in [0.29, 0.717) is 6.42 Å². The van der Waals surface area contributed by atoms with Crippen molar-refractivity contribution in [3.05, 3.63) is 33.9 Å². The molecule has 3 N–H and O–H groups in total. The summed E-state index contributed by atoms with van der Waals surface area (Å²) in [6.45, 7) is 3.65. The van der Waals surface area contributed by atoms with E-state index in [-0.39, 0.29) is 22.9 Å². The number of nitrogens with two attached hydrogens (primary N) is 1. The number of rotatable bonds is 7. The number of nitrogens with one attached hydrogen (secondary N) is 1. The summed E-state index contributed by atoms with van der Waals surface area (Å²) in [6.07, 6.45) is 0.649. The zero-order valence-corrected chi connectivity index (χ0v) is 12.7. The second-order valence-electron chi connectivity index (χ2n) is 4.88. The van der Waals surface area contributed by atoms with Gasteiger partial charge in [-0.15, -0.1) is 0 Å². The van der Waals surface area contributed by atoms with Crippen LogP contribution in [0.15, 0.2) is 18.2 Å². The molecule has 0 saturated heterocycles. The van der Waals surface area contributed by atoms with Gasteiger partial charge in [-0.1, -0.05) is 20.3 Å². The van der Waals surface area contributed by atoms with Crippen molar-refractivity contribution < 1.29 is 19.2 Å². The fourth-order valence-electron chi connectivity index (χ4n) is 1.93. The van der Waals surface area contributed by atoms with E-state index >= 15 is 0 Å². The van der Waals surface area contributed by atoms with E-state index in [0.717, 1.165) is 6.07 Å². The molecule has 8 heteroatoms. The van der Waals surface area contributed by atoms with Crippen molar-refractivity contribution in [3.63, 3.8) is 0 Å². The van der Waals surface area contributed by atoms with Crippen LogP contribution in [0.5, 0.6) is 5.75 Å². The van der Waals surface area contributed by atoms with Crippen LogP contribution in [0.1, 0.15) is 30.6 Å². The second-order valence-corrected chi connectivity index (χ2v) is 4.88. The number of methoxy groups -OCH3 is 1. The maximum Gasteiger partial charge on any atom is 0.311 e. The van der Waals surface area contributed by atoms with Crippen LogP contribution >= 0.6 is 0 Å². The number of benzene rings is 1. The Morgan fingerprint density at radius 3 is 2.55 bits per heavy atom. The Labute approximate surface area is 127 Å². The van der Waals surface area contributed by atoms with Crippen molar-refractivity contribution in [1.82, 2.24) is 5.32 Å². The van der Waals surface area contributed by atoms with Gasteiger partial charge in [-0.3, -0.25) is 19.7 Å². The summed E-state index contributed by atoms with van der Waals surface area (Å²) in [4.78, 5) is 33.9. The lowest BCUT2D eigenvalue weighted by atomic mass is 9.98. The summed E-state index contributed by atoms with van der Waals surface area (Å²) in [7, 11) is 1.30. The predicted octanol–water partition coefficient (Wildman–Crippen LogP) is 1.23. The number of nitro groups is 1. The Bertz CT molecular complexity index is 588. The Morgan fingerprint density at radius 1 is 1.45 bits per heavy atom. The van der Waals surface area contributed by atoms with Crippen LogP contribution in [0.25, 0.3) is 0 Å². The van der Waals surface area contributed by atoms with Crippen molar-refractivity contribution in [2.75, 3.05) is 7.11 Å². The van der Waals surface area contributed by atoms with Gasteiger partial charge >= 0.3 is 5.69 Å². The van der Waals surface area contributed by atoms with E-state index in [2.05, 4.69) is 5.32 Å². The molecule has 120 valence electrons. The minimum Gasteiger partial charge on any atom is -0.490 e. The van der Waals surface area contributed by atoms with Gasteiger partial charge < -0.3 is 15.8 Å². The molecule has 0 radical (unpaired) electrons. The zero-order valence-electron chi connectivity index (χ0n) is 12.7. The third kappa shape index (κ3) is 3.94. The standard InChI is InChI=1S/C14H19N3O5/c1-4-8(2)12(13(15)18)16-14(19)9-5-6-11(22-3)10(7-9)17(20)21/h5-8,12H,4H2,1-3H3,(H2,15,18)(H,16,19). The van der Waals surface area contributed by atoms with Crippen LogP contribution in [0.4, 0.5) is 5.69 Å². The molecular formula is C14H19N3O5. The number of carbonyl (C=O) groups is 2. The number of amides is 2. The van der Waals surface area contributed by atoms with E-state index in [1.807, 2.05) is 6.92 Å². The average Bonchev–Trinajstić information content (AvgIpc) is 2.50. The Morgan fingerprint density at radius 2 is 2.09 bits per heavy atom. The van der Waals surface area contributed by atoms with Crippen molar-refractivity contribution in [2.24, 2.45) is 11.7 Å². The quantitative estimate of drug-likeness (QED) is 0.579. The molecule has 1 aromatic carbocycles. The van der Waals surface area contributed by atoms with Crippen molar-refractivity contribution >= 4 is 17.5 Å². The van der Waals surface area contributed by atoms with Crippen LogP contribution < -0.4 is 15.8 Å². The number of hydrogen-bond donors (Lipinski definition) is 2. The Kier molecular flexibility index (Phi) is 5.85. The van der Waals surface area contributed by atoms with Gasteiger partial charge in [0.25, 0.3) is 5.91 Å². The Hall–Kier alpha value is -2.64. The van der Waals surface area contributed by atoms with Crippen LogP contribution in [0, 0.1) is 16.0 Å². The van der Waals surface area contributed by atoms with Gasteiger partial charge in [0, 0.05) is 11.6 Å². The fourth-order valence-corrected chi connectivity index (χ4v) is 1.93. The molecule has 22 heavy (non-hydrogen) atoms. The topological polar surface area (TPSA) is 125 Å². The third-order valence-electron chi connectivity index (χ3n) is 3.44. The summed E-state index contributed by atoms with van der Waals surface area (Å²) in [6, 6.07) is 2.98. The first-order valence-corrected chi connectivity index (χ1v) is 6.74. The van der Waals surface area contributed by atoms with E-state index in [4.69, 9.17) is 10.5 Å². The molecule has 0 aromatic heterocycles. The molecule has 1 aromatic rings. The SMILES string of the molecule is CCC(C)C(NC(=O)c1ccc(OC)c([N+](=O)[O-])c1)C(N)=O. The molecule has 0 heterocycles. The number of hydrogen-bond acceptors (Lipinski definition) is 5. The maximum atomic E-state index is 12.2. The highest BCUT2D eigenvalue weighted by molar-refractivity contribution is 5.98. The predicted molar refractivity (Wildman–Crippen MR) is 79.6 cm³/mol. The van der Waals surface area contributed by atoms with Crippen LogP contribution in [0.2, 0.25) is 0 Å². The lowest BCUT2D eigenvalue weighted by Crippen LogP contribution is -2.48. The van der Waals surface area contributed by atoms with Gasteiger partial charge in [0.05, 0.1) is 12.0 Å². The number of primary amides is 1. The molecule has 0 bridgehead atoms. The molecule has 1 rings (SSSR count). The third-order valence-corrected chi connectivity index (χ3v) is 3.44. The summed E-state index contributed by atoms with van der Waals surface area (Å²) in [5.41, 5.74) is 5.01. The summed E-state index contributed by atoms with van der Waals surface area (Å²) in [5.74, 6) is -1.34. The van der Waals surface area contributed by atoms with E-state index in [1.165, 1.54) is 19.2 Å². The van der Waals surface area contributed by atoms with Crippen LogP contribution in [-0.4, -0.2) is 29.9 Å². The van der Waals surface area contributed by atoms with E-state index in [1.54, 1.807) is 6.92 Å². The van der Waals surface area contributed by atoms with Gasteiger partial charge in [-0.2, -0.15) is 0 Å². The van der Waals surface area contributed by atoms with Crippen molar-refractivity contribution in [2.45, 2.75) is 26.3 Å². The van der Waals surface area contributed by atoms with Crippen LogP contribution in [-0.2, 0) is 4.79 Å². The number of nitro benzene ring substituents is 1. The smallest absolute Gasteiger partial charge is 0.311 e. The normalized spacial score (nSPS) is 13.0. The first-order valence-electron chi connectivity index (χ1n) is 6.74. The first kappa shape index (κ1) is 17.4. The molecule has 0 aliphatic heterocycles. The maximum absolute atomic E-state index is 12.2. The summed E-state index contributed by atoms with van der Waals surface area (Å²) < 4.78 is 4.87. The second kappa shape index (κ2) is 7.39. The first-order chi connectivity index (χ1) is 10.3. The minimum atomic E-state index is -0.835. The van der Waals surface area contributed by atoms with E-state index < -0.39 is 22.8 Å². The lowest BCUT2D eigenvalue weighted by molar-refractivity contribution is -0.385. The van der Waals surface area contributed by atoms with Crippen molar-refractivity contribution in [3.8, 4) is 5.75 Å². The molecule has 2 unspecified atom stereocenters. The zero-order chi connectivity index (χ0) is 16.9. The molecule has 0 fully saturated rings. The fraction of sp³-hybridized carbons (Fsp3) is 0.429. The molecular weight excluding hydrogens is 290 g/mol. The molecule has 0 aliphatic carbocycles. The molecule has 0 aliphatic rings. The average molecular weight is 309 g/mol. The number of nitrogens with zero attached hydrogens (tertiary/aromatic N) is 1. The van der Waals surface area contributed by atoms with Gasteiger partial charge in [-0.25, -0.2) is 0 Å². The highest BCUT2D eigenvalue weighted by atomic mass is 16.6. The molecule has 0 saturated carbocycles. The van der Waals surface area contributed by atoms with Gasteiger partial charge in [0.1, 0.15) is 6.04 Å². The number of ether oxygens (including phenoxy) is 1. The van der Waals surface area contributed by atoms with E-state index in [9.17, 15) is 19.7 Å². The highest BCUT2D eigenvalue weighted by Gasteiger charge is 2.25. The largest absolute Gasteiger partial charge is 0.490 e. The Balaban J connectivity index is 3.05. The van der Waals surface area contributed by atoms with Gasteiger partial charge in [-0.05, 0) is 18.1 Å². The highest BCUT2D eigenvalue weighted by Crippen LogP contribution is 2.27. The monoisotopic (exact) mass is 309 g/mol. The minimum absolute atomic E-state index is 0.0509. The summed E-state index contributed by atoms with van der Waals surface area (Å²) in [5, 5.41) is 13.5. The lowest BCUT2D eigenvalue weighted by Gasteiger charge is -2.21. The molecule has 2 atom stereocenters. The number of carbonyl (C=O) groups excluding carboxylic acids is 2.